The molecule has 0 aromatic heterocycles. The molecule has 1 aromatic rings. The van der Waals surface area contributed by atoms with Crippen molar-refractivity contribution in [3.63, 3.8) is 0 Å². The maximum Gasteiger partial charge on any atom is 0.416 e. The fraction of sp³-hybridized carbons (Fsp3) is 0.500. The van der Waals surface area contributed by atoms with E-state index in [0.29, 0.717) is 16.4 Å². The van der Waals surface area contributed by atoms with Gasteiger partial charge in [0, 0.05) is 16.2 Å². The number of halogens is 4. The van der Waals surface area contributed by atoms with Gasteiger partial charge in [-0.2, -0.15) is 13.2 Å². The predicted octanol–water partition coefficient (Wildman–Crippen LogP) is 4.68. The summed E-state index contributed by atoms with van der Waals surface area (Å²) in [6.45, 7) is 2.17. The molecule has 0 bridgehead atoms. The van der Waals surface area contributed by atoms with Gasteiger partial charge in [0.2, 0.25) is 0 Å². The lowest BCUT2D eigenvalue weighted by molar-refractivity contribution is -0.137. The average molecular weight is 308 g/mol. The molecular formula is C12H13BrF3N. The Bertz CT molecular complexity index is 411. The third kappa shape index (κ3) is 2.94. The van der Waals surface area contributed by atoms with Crippen molar-refractivity contribution in [3.8, 4) is 0 Å². The summed E-state index contributed by atoms with van der Waals surface area (Å²) in [6.07, 6.45) is -2.13. The van der Waals surface area contributed by atoms with Crippen LogP contribution in [0.15, 0.2) is 22.7 Å². The summed E-state index contributed by atoms with van der Waals surface area (Å²) in [5.41, 5.74) is 0.104. The minimum atomic E-state index is -4.29. The zero-order chi connectivity index (χ0) is 12.6. The van der Waals surface area contributed by atoms with Crippen LogP contribution < -0.4 is 5.32 Å². The Morgan fingerprint density at radius 3 is 2.41 bits per heavy atom. The Morgan fingerprint density at radius 2 is 1.94 bits per heavy atom. The van der Waals surface area contributed by atoms with E-state index >= 15 is 0 Å². The standard InChI is InChI=1S/C12H13BrF3N/c1-7-4-9(5-7)17-11-3-2-8(6-10(11)13)12(14,15)16/h2-3,6-7,9,17H,4-5H2,1H3. The highest BCUT2D eigenvalue weighted by molar-refractivity contribution is 9.10. The van der Waals surface area contributed by atoms with Crippen molar-refractivity contribution >= 4 is 21.6 Å². The number of anilines is 1. The molecule has 1 fully saturated rings. The third-order valence-electron chi connectivity index (χ3n) is 3.03. The van der Waals surface area contributed by atoms with Crippen LogP contribution in [0.3, 0.4) is 0 Å². The summed E-state index contributed by atoms with van der Waals surface area (Å²) in [4.78, 5) is 0. The van der Waals surface area contributed by atoms with Crippen LogP contribution in [0.1, 0.15) is 25.3 Å². The van der Waals surface area contributed by atoms with Crippen LogP contribution >= 0.6 is 15.9 Å². The van der Waals surface area contributed by atoms with Crippen LogP contribution in [-0.2, 0) is 6.18 Å². The van der Waals surface area contributed by atoms with Crippen molar-refractivity contribution in [2.24, 2.45) is 5.92 Å². The summed E-state index contributed by atoms with van der Waals surface area (Å²) < 4.78 is 37.8. The Morgan fingerprint density at radius 1 is 1.29 bits per heavy atom. The lowest BCUT2D eigenvalue weighted by Crippen LogP contribution is -2.33. The lowest BCUT2D eigenvalue weighted by Gasteiger charge is -2.34. The second-order valence-electron chi connectivity index (χ2n) is 4.61. The second kappa shape index (κ2) is 4.52. The minimum Gasteiger partial charge on any atom is -0.381 e. The first kappa shape index (κ1) is 12.7. The first-order valence-corrected chi connectivity index (χ1v) is 6.29. The first-order chi connectivity index (χ1) is 7.86. The summed E-state index contributed by atoms with van der Waals surface area (Å²) in [5.74, 6) is 0.709. The van der Waals surface area contributed by atoms with Crippen molar-refractivity contribution in [1.29, 1.82) is 0 Å². The van der Waals surface area contributed by atoms with Crippen LogP contribution in [-0.4, -0.2) is 6.04 Å². The molecular weight excluding hydrogens is 295 g/mol. The first-order valence-electron chi connectivity index (χ1n) is 5.49. The van der Waals surface area contributed by atoms with Gasteiger partial charge in [0.25, 0.3) is 0 Å². The summed E-state index contributed by atoms with van der Waals surface area (Å²) >= 11 is 3.17. The highest BCUT2D eigenvalue weighted by Gasteiger charge is 2.31. The van der Waals surface area contributed by atoms with E-state index in [1.165, 1.54) is 6.07 Å². The summed E-state index contributed by atoms with van der Waals surface area (Å²) in [7, 11) is 0. The molecule has 0 amide bonds. The zero-order valence-electron chi connectivity index (χ0n) is 9.31. The quantitative estimate of drug-likeness (QED) is 0.836. The Labute approximate surface area is 107 Å². The van der Waals surface area contributed by atoms with Gasteiger partial charge in [0.15, 0.2) is 0 Å². The summed E-state index contributed by atoms with van der Waals surface area (Å²) in [5, 5.41) is 3.24. The highest BCUT2D eigenvalue weighted by atomic mass is 79.9. The molecule has 5 heteroatoms. The van der Waals surface area contributed by atoms with Crippen molar-refractivity contribution in [1.82, 2.24) is 0 Å². The van der Waals surface area contributed by atoms with Crippen molar-refractivity contribution in [2.45, 2.75) is 32.0 Å². The van der Waals surface area contributed by atoms with Crippen LogP contribution in [0.25, 0.3) is 0 Å². The molecule has 0 aliphatic heterocycles. The van der Waals surface area contributed by atoms with Gasteiger partial charge in [0.05, 0.1) is 5.56 Å². The lowest BCUT2D eigenvalue weighted by atomic mass is 9.82. The SMILES string of the molecule is CC1CC(Nc2ccc(C(F)(F)F)cc2Br)C1. The second-order valence-corrected chi connectivity index (χ2v) is 5.46. The largest absolute Gasteiger partial charge is 0.416 e. The molecule has 1 aromatic carbocycles. The molecule has 0 radical (unpaired) electrons. The van der Waals surface area contributed by atoms with E-state index in [1.54, 1.807) is 0 Å². The number of benzene rings is 1. The van der Waals surface area contributed by atoms with Gasteiger partial charge in [-0.25, -0.2) is 0 Å². The van der Waals surface area contributed by atoms with E-state index in [0.717, 1.165) is 30.7 Å². The number of nitrogens with one attached hydrogen (secondary N) is 1. The van der Waals surface area contributed by atoms with E-state index in [4.69, 9.17) is 0 Å². The number of hydrogen-bond donors (Lipinski definition) is 1. The molecule has 94 valence electrons. The Hall–Kier alpha value is -0.710. The van der Waals surface area contributed by atoms with Crippen molar-refractivity contribution in [3.05, 3.63) is 28.2 Å². The van der Waals surface area contributed by atoms with E-state index in [2.05, 4.69) is 28.2 Å². The molecule has 1 nitrogen and oxygen atoms in total. The Kier molecular flexibility index (Phi) is 3.39. The maximum atomic E-state index is 12.4. The van der Waals surface area contributed by atoms with Crippen LogP contribution in [0, 0.1) is 5.92 Å². The molecule has 0 atom stereocenters. The molecule has 17 heavy (non-hydrogen) atoms. The van der Waals surface area contributed by atoms with Gasteiger partial charge in [-0.05, 0) is 52.9 Å². The van der Waals surface area contributed by atoms with Gasteiger partial charge in [-0.15, -0.1) is 0 Å². The molecule has 0 heterocycles. The Balaban J connectivity index is 2.09. The fourth-order valence-corrected chi connectivity index (χ4v) is 2.54. The van der Waals surface area contributed by atoms with Crippen molar-refractivity contribution in [2.75, 3.05) is 5.32 Å². The smallest absolute Gasteiger partial charge is 0.381 e. The minimum absolute atomic E-state index is 0.387. The van der Waals surface area contributed by atoms with E-state index < -0.39 is 11.7 Å². The summed E-state index contributed by atoms with van der Waals surface area (Å²) in [6, 6.07) is 4.09. The monoisotopic (exact) mass is 307 g/mol. The maximum absolute atomic E-state index is 12.4. The van der Waals surface area contributed by atoms with Gasteiger partial charge >= 0.3 is 6.18 Å². The molecule has 1 aliphatic rings. The predicted molar refractivity (Wildman–Crippen MR) is 65.0 cm³/mol. The van der Waals surface area contributed by atoms with Gasteiger partial charge in [0.1, 0.15) is 0 Å². The van der Waals surface area contributed by atoms with Crippen LogP contribution in [0.5, 0.6) is 0 Å². The van der Waals surface area contributed by atoms with Gasteiger partial charge in [-0.3, -0.25) is 0 Å². The molecule has 2 rings (SSSR count). The highest BCUT2D eigenvalue weighted by Crippen LogP contribution is 2.36. The zero-order valence-corrected chi connectivity index (χ0v) is 10.9. The van der Waals surface area contributed by atoms with Crippen LogP contribution in [0.4, 0.5) is 18.9 Å². The average Bonchev–Trinajstić information content (AvgIpc) is 2.16. The number of rotatable bonds is 2. The number of hydrogen-bond acceptors (Lipinski definition) is 1. The molecule has 1 N–H and O–H groups in total. The van der Waals surface area contributed by atoms with Gasteiger partial charge < -0.3 is 5.32 Å². The topological polar surface area (TPSA) is 12.0 Å². The fourth-order valence-electron chi connectivity index (χ4n) is 2.05. The molecule has 0 unspecified atom stereocenters. The molecule has 1 saturated carbocycles. The van der Waals surface area contributed by atoms with Gasteiger partial charge in [-0.1, -0.05) is 6.92 Å². The molecule has 0 saturated heterocycles. The molecule has 1 aliphatic carbocycles. The molecule has 0 spiro atoms. The third-order valence-corrected chi connectivity index (χ3v) is 3.69. The van der Waals surface area contributed by atoms with E-state index in [-0.39, 0.29) is 0 Å². The van der Waals surface area contributed by atoms with Crippen molar-refractivity contribution < 1.29 is 13.2 Å². The van der Waals surface area contributed by atoms with Crippen LogP contribution in [0.2, 0.25) is 0 Å². The number of alkyl halides is 3. The van der Waals surface area contributed by atoms with E-state index in [9.17, 15) is 13.2 Å². The van der Waals surface area contributed by atoms with E-state index in [1.807, 2.05) is 0 Å². The normalized spacial score (nSPS) is 24.3.